The molecule has 8 nitrogen and oxygen atoms in total. The second-order valence-electron chi connectivity index (χ2n) is 7.69. The third-order valence-corrected chi connectivity index (χ3v) is 6.52. The molecular formula is C23H21N5O3S. The number of nitrogens with zero attached hydrogens (tertiary/aromatic N) is 5. The lowest BCUT2D eigenvalue weighted by atomic mass is 10.2. The number of hydrogen-bond acceptors (Lipinski definition) is 6. The number of benzene rings is 1. The van der Waals surface area contributed by atoms with Crippen LogP contribution in [-0.2, 0) is 4.79 Å². The molecule has 0 bridgehead atoms. The topological polar surface area (TPSA) is 86.7 Å². The molecule has 2 saturated heterocycles. The van der Waals surface area contributed by atoms with E-state index in [1.54, 1.807) is 46.9 Å². The molecular weight excluding hydrogens is 426 g/mol. The summed E-state index contributed by atoms with van der Waals surface area (Å²) < 4.78 is 0. The van der Waals surface area contributed by atoms with Crippen LogP contribution < -0.4 is 4.90 Å². The number of carbonyl (C=O) groups is 3. The van der Waals surface area contributed by atoms with Crippen molar-refractivity contribution in [2.24, 2.45) is 0 Å². The van der Waals surface area contributed by atoms with Gasteiger partial charge in [-0.05, 0) is 49.2 Å². The summed E-state index contributed by atoms with van der Waals surface area (Å²) >= 11 is 1.38. The van der Waals surface area contributed by atoms with Crippen molar-refractivity contribution in [1.29, 1.82) is 0 Å². The van der Waals surface area contributed by atoms with Crippen LogP contribution in [0.15, 0.2) is 54.2 Å². The quantitative estimate of drug-likeness (QED) is 0.613. The normalized spacial score (nSPS) is 16.1. The van der Waals surface area contributed by atoms with Crippen LogP contribution in [0.25, 0.3) is 10.6 Å². The predicted molar refractivity (Wildman–Crippen MR) is 120 cm³/mol. The molecule has 0 N–H and O–H groups in total. The maximum Gasteiger partial charge on any atom is 0.291 e. The van der Waals surface area contributed by atoms with Gasteiger partial charge in [0.05, 0.1) is 0 Å². The summed E-state index contributed by atoms with van der Waals surface area (Å²) in [5, 5.41) is 5.39. The number of anilines is 1. The highest BCUT2D eigenvalue weighted by Gasteiger charge is 2.33. The molecule has 9 heteroatoms. The van der Waals surface area contributed by atoms with Crippen LogP contribution in [-0.4, -0.2) is 57.3 Å². The molecule has 3 aromatic rings. The van der Waals surface area contributed by atoms with E-state index in [0.717, 1.165) is 17.7 Å². The summed E-state index contributed by atoms with van der Waals surface area (Å²) in [4.78, 5) is 48.5. The lowest BCUT2D eigenvalue weighted by molar-refractivity contribution is -0.117. The van der Waals surface area contributed by atoms with Crippen molar-refractivity contribution in [1.82, 2.24) is 20.0 Å². The van der Waals surface area contributed by atoms with Gasteiger partial charge < -0.3 is 4.90 Å². The van der Waals surface area contributed by atoms with Crippen LogP contribution in [0.2, 0.25) is 0 Å². The van der Waals surface area contributed by atoms with Gasteiger partial charge in [0.2, 0.25) is 5.91 Å². The molecule has 0 aliphatic carbocycles. The summed E-state index contributed by atoms with van der Waals surface area (Å²) in [6.45, 7) is 1.64. The molecule has 3 amide bonds. The molecule has 0 spiro atoms. The molecule has 5 rings (SSSR count). The van der Waals surface area contributed by atoms with E-state index in [4.69, 9.17) is 0 Å². The minimum absolute atomic E-state index is 0.106. The highest BCUT2D eigenvalue weighted by molar-refractivity contribution is 7.13. The maximum atomic E-state index is 13.1. The van der Waals surface area contributed by atoms with Gasteiger partial charge in [-0.3, -0.25) is 19.4 Å². The van der Waals surface area contributed by atoms with Gasteiger partial charge in [-0.25, -0.2) is 15.0 Å². The lowest BCUT2D eigenvalue weighted by Gasteiger charge is -2.27. The average Bonchev–Trinajstić information content (AvgIpc) is 3.59. The Morgan fingerprint density at radius 1 is 0.938 bits per heavy atom. The molecule has 0 unspecified atom stereocenters. The van der Waals surface area contributed by atoms with Crippen molar-refractivity contribution in [2.75, 3.05) is 24.5 Å². The molecule has 0 atom stereocenters. The Bertz CT molecular complexity index is 1160. The second-order valence-corrected chi connectivity index (χ2v) is 8.54. The van der Waals surface area contributed by atoms with Crippen LogP contribution in [0.4, 0.5) is 5.69 Å². The maximum absolute atomic E-state index is 13.1. The van der Waals surface area contributed by atoms with Crippen molar-refractivity contribution in [2.45, 2.75) is 19.3 Å². The SMILES string of the molecule is O=C1CCCN1c1ccc(C(=O)N2CCCN2C(=O)c2csc(-c3cccnc3)n2)cc1. The van der Waals surface area contributed by atoms with Crippen molar-refractivity contribution in [3.8, 4) is 10.6 Å². The first-order chi connectivity index (χ1) is 15.6. The van der Waals surface area contributed by atoms with Crippen molar-refractivity contribution >= 4 is 34.7 Å². The van der Waals surface area contributed by atoms with Gasteiger partial charge in [-0.15, -0.1) is 11.3 Å². The van der Waals surface area contributed by atoms with Crippen molar-refractivity contribution in [3.63, 3.8) is 0 Å². The number of hydrogen-bond donors (Lipinski definition) is 0. The molecule has 2 fully saturated rings. The van der Waals surface area contributed by atoms with E-state index < -0.39 is 0 Å². The van der Waals surface area contributed by atoms with Crippen LogP contribution in [0.1, 0.15) is 40.1 Å². The summed E-state index contributed by atoms with van der Waals surface area (Å²) in [6, 6.07) is 10.7. The van der Waals surface area contributed by atoms with Crippen molar-refractivity contribution < 1.29 is 14.4 Å². The van der Waals surface area contributed by atoms with Gasteiger partial charge in [0.15, 0.2) is 0 Å². The van der Waals surface area contributed by atoms with E-state index >= 15 is 0 Å². The van der Waals surface area contributed by atoms with Crippen LogP contribution in [0.3, 0.4) is 0 Å². The Hall–Kier alpha value is -3.59. The molecule has 162 valence electrons. The first-order valence-electron chi connectivity index (χ1n) is 10.5. The summed E-state index contributed by atoms with van der Waals surface area (Å²) in [6.07, 6.45) is 5.51. The van der Waals surface area contributed by atoms with Crippen molar-refractivity contribution in [3.05, 3.63) is 65.4 Å². The van der Waals surface area contributed by atoms with E-state index in [1.807, 2.05) is 12.1 Å². The number of aromatic nitrogens is 2. The summed E-state index contributed by atoms with van der Waals surface area (Å²) in [5.41, 5.74) is 2.44. The zero-order chi connectivity index (χ0) is 22.1. The fourth-order valence-corrected chi connectivity index (χ4v) is 4.80. The van der Waals surface area contributed by atoms with Gasteiger partial charge in [0, 0.05) is 60.6 Å². The van der Waals surface area contributed by atoms with Crippen LogP contribution in [0.5, 0.6) is 0 Å². The van der Waals surface area contributed by atoms with E-state index in [9.17, 15) is 14.4 Å². The van der Waals surface area contributed by atoms with E-state index in [2.05, 4.69) is 9.97 Å². The molecule has 32 heavy (non-hydrogen) atoms. The molecule has 0 radical (unpaired) electrons. The van der Waals surface area contributed by atoms with Crippen LogP contribution >= 0.6 is 11.3 Å². The first kappa shape index (κ1) is 20.3. The number of hydrazine groups is 1. The summed E-state index contributed by atoms with van der Waals surface area (Å²) in [5.74, 6) is -0.423. The fourth-order valence-electron chi connectivity index (χ4n) is 4.01. The van der Waals surface area contributed by atoms with Gasteiger partial charge in [-0.2, -0.15) is 0 Å². The average molecular weight is 448 g/mol. The fraction of sp³-hybridized carbons (Fsp3) is 0.261. The number of rotatable bonds is 4. The van der Waals surface area contributed by atoms with Crippen LogP contribution in [0, 0.1) is 0 Å². The molecule has 2 aliphatic heterocycles. The van der Waals surface area contributed by atoms with Gasteiger partial charge in [-0.1, -0.05) is 0 Å². The van der Waals surface area contributed by atoms with E-state index in [1.165, 1.54) is 21.4 Å². The summed E-state index contributed by atoms with van der Waals surface area (Å²) in [7, 11) is 0. The Morgan fingerprint density at radius 2 is 1.72 bits per heavy atom. The minimum Gasteiger partial charge on any atom is -0.312 e. The van der Waals surface area contributed by atoms with E-state index in [-0.39, 0.29) is 17.7 Å². The zero-order valence-corrected chi connectivity index (χ0v) is 18.1. The Morgan fingerprint density at radius 3 is 2.41 bits per heavy atom. The number of pyridine rings is 1. The Kier molecular flexibility index (Phi) is 5.40. The molecule has 4 heterocycles. The Balaban J connectivity index is 1.32. The van der Waals surface area contributed by atoms with Gasteiger partial charge >= 0.3 is 0 Å². The molecule has 2 aliphatic rings. The largest absolute Gasteiger partial charge is 0.312 e. The Labute approximate surface area is 189 Å². The number of carbonyl (C=O) groups excluding carboxylic acids is 3. The molecule has 1 aromatic carbocycles. The highest BCUT2D eigenvalue weighted by Crippen LogP contribution is 2.26. The minimum atomic E-state index is -0.290. The molecule has 2 aromatic heterocycles. The van der Waals surface area contributed by atoms with Gasteiger partial charge in [0.25, 0.3) is 11.8 Å². The number of amides is 3. The zero-order valence-electron chi connectivity index (χ0n) is 17.3. The third-order valence-electron chi connectivity index (χ3n) is 5.63. The van der Waals surface area contributed by atoms with Gasteiger partial charge in [0.1, 0.15) is 10.7 Å². The second kappa shape index (κ2) is 8.51. The lowest BCUT2D eigenvalue weighted by Crippen LogP contribution is -2.45. The highest BCUT2D eigenvalue weighted by atomic mass is 32.1. The molecule has 0 saturated carbocycles. The number of thiazole rings is 1. The van der Waals surface area contributed by atoms with E-state index in [0.29, 0.717) is 48.7 Å². The predicted octanol–water partition coefficient (Wildman–Crippen LogP) is 3.24. The first-order valence-corrected chi connectivity index (χ1v) is 11.4. The smallest absolute Gasteiger partial charge is 0.291 e. The monoisotopic (exact) mass is 447 g/mol. The standard InChI is InChI=1S/C23H21N5O3S/c29-20-5-2-11-26(20)18-8-6-16(7-9-18)22(30)27-12-3-13-28(27)23(31)19-15-32-21(25-19)17-4-1-10-24-14-17/h1,4,6-10,14-15H,2-3,5,11-13H2. The third kappa shape index (κ3) is 3.75.